The second kappa shape index (κ2) is 7.46. The second-order valence-corrected chi connectivity index (χ2v) is 9.45. The molecule has 142 valence electrons. The highest BCUT2D eigenvalue weighted by atomic mass is 16.4. The van der Waals surface area contributed by atoms with Crippen LogP contribution < -0.4 is 0 Å². The van der Waals surface area contributed by atoms with Gasteiger partial charge in [0.1, 0.15) is 6.29 Å². The smallest absolute Gasteiger partial charge is 0.303 e. The molecule has 0 aromatic carbocycles. The molecule has 0 aromatic rings. The molecule has 4 unspecified atom stereocenters. The summed E-state index contributed by atoms with van der Waals surface area (Å²) < 4.78 is 0. The highest BCUT2D eigenvalue weighted by Crippen LogP contribution is 2.63. The minimum Gasteiger partial charge on any atom is -0.481 e. The van der Waals surface area contributed by atoms with Crippen molar-refractivity contribution in [2.45, 2.75) is 84.5 Å². The van der Waals surface area contributed by atoms with Crippen LogP contribution in [0.4, 0.5) is 0 Å². The molecule has 0 spiro atoms. The molecule has 2 N–H and O–H groups in total. The lowest BCUT2D eigenvalue weighted by Crippen LogP contribution is -2.47. The van der Waals surface area contributed by atoms with Crippen molar-refractivity contribution in [1.82, 2.24) is 0 Å². The third-order valence-electron chi connectivity index (χ3n) is 6.57. The van der Waals surface area contributed by atoms with E-state index in [1.165, 1.54) is 0 Å². The minimum absolute atomic E-state index is 0.0220. The summed E-state index contributed by atoms with van der Waals surface area (Å²) in [4.78, 5) is 33.1. The fourth-order valence-corrected chi connectivity index (χ4v) is 6.23. The van der Waals surface area contributed by atoms with Gasteiger partial charge in [0.2, 0.25) is 0 Å². The van der Waals surface area contributed by atoms with Gasteiger partial charge in [0.25, 0.3) is 0 Å². The molecular formula is C20H32O5. The van der Waals surface area contributed by atoms with E-state index in [-0.39, 0.29) is 29.1 Å². The van der Waals surface area contributed by atoms with E-state index in [9.17, 15) is 19.5 Å². The highest BCUT2D eigenvalue weighted by Gasteiger charge is 2.53. The van der Waals surface area contributed by atoms with E-state index in [0.29, 0.717) is 25.2 Å². The predicted octanol–water partition coefficient (Wildman–Crippen LogP) is 4.29. The Labute approximate surface area is 150 Å². The van der Waals surface area contributed by atoms with Gasteiger partial charge in [0, 0.05) is 19.3 Å². The fraction of sp³-hybridized carbons (Fsp3) is 0.850. The summed E-state index contributed by atoms with van der Waals surface area (Å²) in [5.74, 6) is -1.01. The lowest BCUT2D eigenvalue weighted by atomic mass is 9.47. The Kier molecular flexibility index (Phi) is 5.95. The van der Waals surface area contributed by atoms with Gasteiger partial charge in [-0.15, -0.1) is 0 Å². The number of aldehydes is 1. The number of rotatable bonds is 9. The molecule has 0 heterocycles. The fourth-order valence-electron chi connectivity index (χ4n) is 6.23. The molecule has 2 aliphatic rings. The van der Waals surface area contributed by atoms with Crippen LogP contribution in [0.3, 0.4) is 0 Å². The van der Waals surface area contributed by atoms with E-state index >= 15 is 0 Å². The van der Waals surface area contributed by atoms with Gasteiger partial charge in [0.05, 0.1) is 0 Å². The molecule has 5 heteroatoms. The first-order chi connectivity index (χ1) is 11.6. The van der Waals surface area contributed by atoms with E-state index in [0.717, 1.165) is 44.8 Å². The molecule has 0 aromatic heterocycles. The van der Waals surface area contributed by atoms with E-state index < -0.39 is 11.9 Å². The Morgan fingerprint density at radius 1 is 0.920 bits per heavy atom. The van der Waals surface area contributed by atoms with Crippen molar-refractivity contribution in [2.75, 3.05) is 0 Å². The van der Waals surface area contributed by atoms with Crippen molar-refractivity contribution >= 4 is 18.2 Å². The average Bonchev–Trinajstić information content (AvgIpc) is 2.48. The number of fused-ring (bicyclic) bond motifs is 2. The van der Waals surface area contributed by atoms with Gasteiger partial charge >= 0.3 is 11.9 Å². The Bertz CT molecular complexity index is 528. The molecule has 5 nitrogen and oxygen atoms in total. The zero-order valence-corrected chi connectivity index (χ0v) is 15.6. The number of carbonyl (C=O) groups is 3. The van der Waals surface area contributed by atoms with Crippen LogP contribution in [-0.4, -0.2) is 28.4 Å². The molecule has 2 bridgehead atoms. The Hall–Kier alpha value is -1.39. The number of aliphatic carboxylic acids is 2. The van der Waals surface area contributed by atoms with E-state index in [4.69, 9.17) is 5.11 Å². The van der Waals surface area contributed by atoms with Crippen LogP contribution in [0.25, 0.3) is 0 Å². The lowest BCUT2D eigenvalue weighted by Gasteiger charge is -2.58. The predicted molar refractivity (Wildman–Crippen MR) is 94.3 cm³/mol. The molecular weight excluding hydrogens is 320 g/mol. The quantitative estimate of drug-likeness (QED) is 0.604. The molecule has 2 aliphatic carbocycles. The SMILES string of the molecule is CC1(CCC=O)CC2CC(C)(CCC(=O)O)CC(CCC(=O)O)(C2)C1. The topological polar surface area (TPSA) is 91.7 Å². The number of carboxylic acids is 2. The highest BCUT2D eigenvalue weighted by molar-refractivity contribution is 5.67. The van der Waals surface area contributed by atoms with Gasteiger partial charge in [-0.25, -0.2) is 0 Å². The molecule has 0 aliphatic heterocycles. The molecule has 2 fully saturated rings. The van der Waals surface area contributed by atoms with Crippen molar-refractivity contribution in [3.8, 4) is 0 Å². The summed E-state index contributed by atoms with van der Waals surface area (Å²) in [5.41, 5.74) is 0.0483. The number of carbonyl (C=O) groups excluding carboxylic acids is 1. The zero-order chi connectivity index (χ0) is 18.7. The maximum atomic E-state index is 11.2. The summed E-state index contributed by atoms with van der Waals surface area (Å²) in [7, 11) is 0. The number of hydrogen-bond acceptors (Lipinski definition) is 3. The van der Waals surface area contributed by atoms with Crippen molar-refractivity contribution in [3.63, 3.8) is 0 Å². The monoisotopic (exact) mass is 352 g/mol. The maximum Gasteiger partial charge on any atom is 0.303 e. The van der Waals surface area contributed by atoms with Crippen molar-refractivity contribution in [2.24, 2.45) is 22.2 Å². The van der Waals surface area contributed by atoms with Crippen LogP contribution in [0.15, 0.2) is 0 Å². The summed E-state index contributed by atoms with van der Waals surface area (Å²) in [6.07, 6.45) is 9.11. The average molecular weight is 352 g/mol. The first-order valence-corrected chi connectivity index (χ1v) is 9.47. The molecule has 2 rings (SSSR count). The van der Waals surface area contributed by atoms with Gasteiger partial charge in [0.15, 0.2) is 0 Å². The van der Waals surface area contributed by atoms with Gasteiger partial charge in [-0.2, -0.15) is 0 Å². The van der Waals surface area contributed by atoms with E-state index in [1.54, 1.807) is 0 Å². The maximum absolute atomic E-state index is 11.2. The lowest BCUT2D eigenvalue weighted by molar-refractivity contribution is -0.140. The minimum atomic E-state index is -0.760. The normalized spacial score (nSPS) is 37.4. The van der Waals surface area contributed by atoms with Crippen molar-refractivity contribution < 1.29 is 24.6 Å². The standard InChI is InChI=1S/C20H32O5/c1-18(6-3-9-21)10-15-11-19(2,7-4-16(22)23)14-20(12-15,13-18)8-5-17(24)25/h9,15H,3-8,10-14H2,1-2H3,(H,22,23)(H,24,25). The van der Waals surface area contributed by atoms with Crippen LogP contribution in [0.2, 0.25) is 0 Å². The molecule has 25 heavy (non-hydrogen) atoms. The largest absolute Gasteiger partial charge is 0.481 e. The van der Waals surface area contributed by atoms with Gasteiger partial charge in [-0.3, -0.25) is 9.59 Å². The molecule has 0 radical (unpaired) electrons. The van der Waals surface area contributed by atoms with Crippen molar-refractivity contribution in [1.29, 1.82) is 0 Å². The Morgan fingerprint density at radius 3 is 1.96 bits per heavy atom. The summed E-state index contributed by atoms with van der Waals surface area (Å²) in [6, 6.07) is 0. The molecule has 2 saturated carbocycles. The zero-order valence-electron chi connectivity index (χ0n) is 15.6. The first kappa shape index (κ1) is 19.9. The third-order valence-corrected chi connectivity index (χ3v) is 6.57. The van der Waals surface area contributed by atoms with Gasteiger partial charge in [-0.1, -0.05) is 13.8 Å². The first-order valence-electron chi connectivity index (χ1n) is 9.47. The van der Waals surface area contributed by atoms with Crippen LogP contribution in [-0.2, 0) is 14.4 Å². The van der Waals surface area contributed by atoms with Crippen LogP contribution >= 0.6 is 0 Å². The van der Waals surface area contributed by atoms with Gasteiger partial charge in [-0.05, 0) is 73.5 Å². The van der Waals surface area contributed by atoms with Crippen LogP contribution in [0.5, 0.6) is 0 Å². The van der Waals surface area contributed by atoms with Crippen molar-refractivity contribution in [3.05, 3.63) is 0 Å². The number of hydrogen-bond donors (Lipinski definition) is 2. The third kappa shape index (κ3) is 5.29. The van der Waals surface area contributed by atoms with E-state index in [2.05, 4.69) is 13.8 Å². The Balaban J connectivity index is 2.21. The molecule has 0 saturated heterocycles. The van der Waals surface area contributed by atoms with Gasteiger partial charge < -0.3 is 15.0 Å². The van der Waals surface area contributed by atoms with Crippen LogP contribution in [0, 0.1) is 22.2 Å². The summed E-state index contributed by atoms with van der Waals surface area (Å²) >= 11 is 0. The van der Waals surface area contributed by atoms with Crippen LogP contribution in [0.1, 0.15) is 84.5 Å². The van der Waals surface area contributed by atoms with E-state index in [1.807, 2.05) is 0 Å². The number of carboxylic acid groups (broad SMARTS) is 2. The Morgan fingerprint density at radius 2 is 1.44 bits per heavy atom. The second-order valence-electron chi connectivity index (χ2n) is 9.45. The summed E-state index contributed by atoms with van der Waals surface area (Å²) in [6.45, 7) is 4.43. The molecule has 4 atom stereocenters. The summed E-state index contributed by atoms with van der Waals surface area (Å²) in [5, 5.41) is 18.3. The molecule has 0 amide bonds.